The van der Waals surface area contributed by atoms with Gasteiger partial charge in [0.1, 0.15) is 24.6 Å². The molecule has 29 heavy (non-hydrogen) atoms. The first-order chi connectivity index (χ1) is 14.0. The molecule has 1 N–H and O–H groups in total. The number of aromatic nitrogens is 4. The highest BCUT2D eigenvalue weighted by Crippen LogP contribution is 2.17. The van der Waals surface area contributed by atoms with Gasteiger partial charge in [-0.3, -0.25) is 9.48 Å². The van der Waals surface area contributed by atoms with Crippen molar-refractivity contribution in [2.75, 3.05) is 39.4 Å². The molecule has 3 aromatic rings. The predicted octanol–water partition coefficient (Wildman–Crippen LogP) is 0.173. The van der Waals surface area contributed by atoms with Crippen molar-refractivity contribution in [3.8, 4) is 0 Å². The highest BCUT2D eigenvalue weighted by molar-refractivity contribution is 5.92. The van der Waals surface area contributed by atoms with Crippen molar-refractivity contribution in [3.63, 3.8) is 0 Å². The van der Waals surface area contributed by atoms with Crippen LogP contribution in [0, 0.1) is 6.92 Å². The summed E-state index contributed by atoms with van der Waals surface area (Å²) in [7, 11) is 3.83. The Morgan fingerprint density at radius 1 is 1.24 bits per heavy atom. The summed E-state index contributed by atoms with van der Waals surface area (Å²) < 4.78 is 9.20. The Labute approximate surface area is 170 Å². The third kappa shape index (κ3) is 4.18. The number of carbonyl (C=O) groups is 1. The number of imidazole rings is 1. The summed E-state index contributed by atoms with van der Waals surface area (Å²) in [5.41, 5.74) is 3.48. The first-order valence-electron chi connectivity index (χ1n) is 10.1. The molecule has 0 radical (unpaired) electrons. The minimum atomic E-state index is -0.00665. The molecular weight excluding hydrogens is 368 g/mol. The van der Waals surface area contributed by atoms with E-state index in [1.165, 1.54) is 4.90 Å². The van der Waals surface area contributed by atoms with Crippen molar-refractivity contribution in [2.24, 2.45) is 14.1 Å². The number of ether oxygens (including phenoxy) is 1. The van der Waals surface area contributed by atoms with Gasteiger partial charge in [-0.15, -0.1) is 0 Å². The number of para-hydroxylation sites is 2. The lowest BCUT2D eigenvalue weighted by Crippen LogP contribution is -3.14. The molecule has 8 heteroatoms. The van der Waals surface area contributed by atoms with Crippen LogP contribution in [0.2, 0.25) is 0 Å². The Kier molecular flexibility index (Phi) is 5.64. The number of morpholine rings is 1. The van der Waals surface area contributed by atoms with Crippen LogP contribution in [-0.4, -0.2) is 69.5 Å². The fourth-order valence-corrected chi connectivity index (χ4v) is 3.94. The molecule has 1 aliphatic heterocycles. The number of quaternary nitrogens is 1. The molecule has 0 saturated carbocycles. The van der Waals surface area contributed by atoms with E-state index in [2.05, 4.69) is 15.7 Å². The summed E-state index contributed by atoms with van der Waals surface area (Å²) in [6, 6.07) is 9.92. The Morgan fingerprint density at radius 3 is 2.69 bits per heavy atom. The lowest BCUT2D eigenvalue weighted by atomic mass is 10.3. The zero-order valence-electron chi connectivity index (χ0n) is 17.4. The number of nitrogens with one attached hydrogen (secondary N) is 1. The Balaban J connectivity index is 1.58. The zero-order valence-corrected chi connectivity index (χ0v) is 17.4. The van der Waals surface area contributed by atoms with Crippen molar-refractivity contribution in [1.29, 1.82) is 0 Å². The van der Waals surface area contributed by atoms with Crippen molar-refractivity contribution in [3.05, 3.63) is 47.5 Å². The normalized spacial score (nSPS) is 15.1. The molecule has 1 fully saturated rings. The average molecular weight is 398 g/mol. The molecule has 3 heterocycles. The Hall–Kier alpha value is -2.71. The van der Waals surface area contributed by atoms with Crippen LogP contribution in [0.3, 0.4) is 0 Å². The predicted molar refractivity (Wildman–Crippen MR) is 110 cm³/mol. The van der Waals surface area contributed by atoms with Gasteiger partial charge in [0.25, 0.3) is 5.91 Å². The standard InChI is InChI=1S/C21H28N6O2/c1-16-14-19(25(3)23-16)21(28)27(9-8-26-10-12-29-13-11-26)15-20-22-17-6-4-5-7-18(17)24(20)2/h4-7,14H,8-13,15H2,1-3H3/p+1. The van der Waals surface area contributed by atoms with E-state index in [-0.39, 0.29) is 5.91 Å². The SMILES string of the molecule is Cc1cc(C(=O)N(CC[NH+]2CCOCC2)Cc2nc3ccccc3n2C)n(C)n1. The molecule has 0 atom stereocenters. The maximum Gasteiger partial charge on any atom is 0.272 e. The second kappa shape index (κ2) is 8.34. The van der Waals surface area contributed by atoms with E-state index in [9.17, 15) is 4.79 Å². The van der Waals surface area contributed by atoms with Crippen LogP contribution in [0.25, 0.3) is 11.0 Å². The van der Waals surface area contributed by atoms with Crippen LogP contribution in [-0.2, 0) is 25.4 Å². The Morgan fingerprint density at radius 2 is 2.00 bits per heavy atom. The smallest absolute Gasteiger partial charge is 0.272 e. The van der Waals surface area contributed by atoms with Crippen molar-refractivity contribution in [2.45, 2.75) is 13.5 Å². The van der Waals surface area contributed by atoms with Gasteiger partial charge in [-0.05, 0) is 25.1 Å². The largest absolute Gasteiger partial charge is 0.370 e. The van der Waals surface area contributed by atoms with Gasteiger partial charge >= 0.3 is 0 Å². The topological polar surface area (TPSA) is 69.6 Å². The van der Waals surface area contributed by atoms with E-state index in [1.54, 1.807) is 4.68 Å². The third-order valence-electron chi connectivity index (χ3n) is 5.66. The number of fused-ring (bicyclic) bond motifs is 1. The van der Waals surface area contributed by atoms with E-state index in [4.69, 9.17) is 9.72 Å². The summed E-state index contributed by atoms with van der Waals surface area (Å²) in [5, 5.41) is 4.35. The number of nitrogens with zero attached hydrogens (tertiary/aromatic N) is 5. The summed E-state index contributed by atoms with van der Waals surface area (Å²) in [4.78, 5) is 21.5. The molecular formula is C21H29N6O2+. The van der Waals surface area contributed by atoms with Crippen molar-refractivity contribution < 1.29 is 14.4 Å². The lowest BCUT2D eigenvalue weighted by molar-refractivity contribution is -0.907. The lowest BCUT2D eigenvalue weighted by Gasteiger charge is -2.28. The second-order valence-electron chi connectivity index (χ2n) is 7.71. The molecule has 2 aromatic heterocycles. The first-order valence-corrected chi connectivity index (χ1v) is 10.1. The molecule has 1 saturated heterocycles. The molecule has 154 valence electrons. The molecule has 1 amide bonds. The maximum absolute atomic E-state index is 13.4. The van der Waals surface area contributed by atoms with E-state index < -0.39 is 0 Å². The second-order valence-corrected chi connectivity index (χ2v) is 7.71. The van der Waals surface area contributed by atoms with Crippen LogP contribution < -0.4 is 4.90 Å². The molecule has 8 nitrogen and oxygen atoms in total. The summed E-state index contributed by atoms with van der Waals surface area (Å²) >= 11 is 0. The van der Waals surface area contributed by atoms with Gasteiger partial charge in [0.15, 0.2) is 0 Å². The first kappa shape index (κ1) is 19.6. The number of aryl methyl sites for hydroxylation is 3. The fourth-order valence-electron chi connectivity index (χ4n) is 3.94. The quantitative estimate of drug-likeness (QED) is 0.644. The average Bonchev–Trinajstić information content (AvgIpc) is 3.24. The molecule has 4 rings (SSSR count). The number of hydrogen-bond donors (Lipinski definition) is 1. The van der Waals surface area contributed by atoms with Crippen LogP contribution in [0.5, 0.6) is 0 Å². The van der Waals surface area contributed by atoms with E-state index >= 15 is 0 Å². The number of hydrogen-bond acceptors (Lipinski definition) is 4. The van der Waals surface area contributed by atoms with Gasteiger partial charge in [-0.25, -0.2) is 4.98 Å². The molecule has 0 bridgehead atoms. The van der Waals surface area contributed by atoms with Crippen LogP contribution in [0.1, 0.15) is 22.0 Å². The van der Waals surface area contributed by atoms with Gasteiger partial charge < -0.3 is 19.1 Å². The third-order valence-corrected chi connectivity index (χ3v) is 5.66. The molecule has 1 aliphatic rings. The minimum absolute atomic E-state index is 0.00665. The van der Waals surface area contributed by atoms with Crippen LogP contribution in [0.15, 0.2) is 30.3 Å². The summed E-state index contributed by atoms with van der Waals surface area (Å²) in [6.07, 6.45) is 0. The molecule has 0 unspecified atom stereocenters. The molecule has 0 spiro atoms. The maximum atomic E-state index is 13.4. The highest BCUT2D eigenvalue weighted by atomic mass is 16.5. The van der Waals surface area contributed by atoms with Crippen molar-refractivity contribution >= 4 is 16.9 Å². The molecule has 1 aromatic carbocycles. The molecule has 0 aliphatic carbocycles. The summed E-state index contributed by atoms with van der Waals surface area (Å²) in [5.74, 6) is 0.878. The van der Waals surface area contributed by atoms with Crippen LogP contribution >= 0.6 is 0 Å². The number of carbonyl (C=O) groups excluding carboxylic acids is 1. The minimum Gasteiger partial charge on any atom is -0.370 e. The number of rotatable bonds is 6. The van der Waals surface area contributed by atoms with E-state index in [1.807, 2.05) is 50.2 Å². The fraction of sp³-hybridized carbons (Fsp3) is 0.476. The summed E-state index contributed by atoms with van der Waals surface area (Å²) in [6.45, 7) is 7.49. The van der Waals surface area contributed by atoms with Gasteiger partial charge in [0, 0.05) is 14.1 Å². The van der Waals surface area contributed by atoms with Crippen LogP contribution in [0.4, 0.5) is 0 Å². The van der Waals surface area contributed by atoms with Crippen molar-refractivity contribution in [1.82, 2.24) is 24.2 Å². The van der Waals surface area contributed by atoms with Gasteiger partial charge in [-0.2, -0.15) is 5.10 Å². The van der Waals surface area contributed by atoms with E-state index in [0.29, 0.717) is 18.8 Å². The zero-order chi connectivity index (χ0) is 20.4. The van der Waals surface area contributed by atoms with Gasteiger partial charge in [0.05, 0.1) is 49.6 Å². The number of amides is 1. The van der Waals surface area contributed by atoms with Gasteiger partial charge in [0.2, 0.25) is 0 Å². The Bertz CT molecular complexity index is 1000. The van der Waals surface area contributed by atoms with Gasteiger partial charge in [-0.1, -0.05) is 12.1 Å². The highest BCUT2D eigenvalue weighted by Gasteiger charge is 2.24. The van der Waals surface area contributed by atoms with E-state index in [0.717, 1.165) is 55.4 Å². The monoisotopic (exact) mass is 397 g/mol. The number of benzene rings is 1.